The minimum Gasteiger partial charge on any atom is -0.463 e. The fraction of sp³-hybridized carbons (Fsp3) is 0.733. The first kappa shape index (κ1) is 13.6. The van der Waals surface area contributed by atoms with Crippen LogP contribution in [0.5, 0.6) is 0 Å². The van der Waals surface area contributed by atoms with Crippen LogP contribution in [0.1, 0.15) is 43.3 Å². The normalized spacial score (nSPS) is 22.1. The van der Waals surface area contributed by atoms with Crippen molar-refractivity contribution < 1.29 is 4.42 Å². The van der Waals surface area contributed by atoms with Crippen molar-refractivity contribution in [3.05, 3.63) is 23.2 Å². The third-order valence-electron chi connectivity index (χ3n) is 3.90. The molecule has 0 aromatic carbocycles. The van der Waals surface area contributed by atoms with Gasteiger partial charge in [0.05, 0.1) is 13.1 Å². The predicted octanol–water partition coefficient (Wildman–Crippen LogP) is 2.93. The second-order valence-corrected chi connectivity index (χ2v) is 5.66. The van der Waals surface area contributed by atoms with Crippen LogP contribution in [0.4, 0.5) is 0 Å². The van der Waals surface area contributed by atoms with Gasteiger partial charge in [-0.15, -0.1) is 0 Å². The second-order valence-electron chi connectivity index (χ2n) is 5.66. The molecule has 102 valence electrons. The number of likely N-dealkylation sites (tertiary alicyclic amines) is 1. The SMILES string of the molecule is CNCc1oc(CN2CCCC(C)CC2)cc1C. The van der Waals surface area contributed by atoms with Gasteiger partial charge < -0.3 is 9.73 Å². The van der Waals surface area contributed by atoms with Gasteiger partial charge in [0.15, 0.2) is 0 Å². The summed E-state index contributed by atoms with van der Waals surface area (Å²) >= 11 is 0. The summed E-state index contributed by atoms with van der Waals surface area (Å²) in [7, 11) is 1.96. The zero-order valence-corrected chi connectivity index (χ0v) is 12.0. The lowest BCUT2D eigenvalue weighted by atomic mass is 10.0. The standard InChI is InChI=1S/C15H26N2O/c1-12-5-4-7-17(8-6-12)11-14-9-13(2)15(18-14)10-16-3/h9,12,16H,4-8,10-11H2,1-3H3. The Balaban J connectivity index is 1.94. The molecular weight excluding hydrogens is 224 g/mol. The Kier molecular flexibility index (Phi) is 4.84. The average Bonchev–Trinajstić information content (AvgIpc) is 2.54. The van der Waals surface area contributed by atoms with E-state index in [1.54, 1.807) is 0 Å². The summed E-state index contributed by atoms with van der Waals surface area (Å²) in [5.74, 6) is 3.08. The van der Waals surface area contributed by atoms with Crippen molar-refractivity contribution in [1.29, 1.82) is 0 Å². The molecule has 3 nitrogen and oxygen atoms in total. The van der Waals surface area contributed by atoms with Gasteiger partial charge in [0.1, 0.15) is 11.5 Å². The molecule has 3 heteroatoms. The van der Waals surface area contributed by atoms with Crippen LogP contribution in [0.25, 0.3) is 0 Å². The summed E-state index contributed by atoms with van der Waals surface area (Å²) < 4.78 is 5.92. The van der Waals surface area contributed by atoms with Crippen LogP contribution in [0, 0.1) is 12.8 Å². The van der Waals surface area contributed by atoms with Gasteiger partial charge in [-0.2, -0.15) is 0 Å². The van der Waals surface area contributed by atoms with Gasteiger partial charge >= 0.3 is 0 Å². The number of nitrogens with one attached hydrogen (secondary N) is 1. The minimum absolute atomic E-state index is 0.822. The van der Waals surface area contributed by atoms with E-state index in [2.05, 4.69) is 30.1 Å². The smallest absolute Gasteiger partial charge is 0.120 e. The van der Waals surface area contributed by atoms with Crippen LogP contribution < -0.4 is 5.32 Å². The third-order valence-corrected chi connectivity index (χ3v) is 3.90. The van der Waals surface area contributed by atoms with Crippen LogP contribution in [0.3, 0.4) is 0 Å². The topological polar surface area (TPSA) is 28.4 Å². The van der Waals surface area contributed by atoms with Crippen LogP contribution in [-0.4, -0.2) is 25.0 Å². The number of hydrogen-bond donors (Lipinski definition) is 1. The molecule has 1 N–H and O–H groups in total. The first-order valence-electron chi connectivity index (χ1n) is 7.14. The highest BCUT2D eigenvalue weighted by atomic mass is 16.3. The summed E-state index contributed by atoms with van der Waals surface area (Å²) in [4.78, 5) is 2.53. The number of hydrogen-bond acceptors (Lipinski definition) is 3. The summed E-state index contributed by atoms with van der Waals surface area (Å²) in [6.07, 6.45) is 4.02. The van der Waals surface area contributed by atoms with Crippen molar-refractivity contribution in [2.24, 2.45) is 5.92 Å². The van der Waals surface area contributed by atoms with E-state index in [4.69, 9.17) is 4.42 Å². The Morgan fingerprint density at radius 1 is 1.39 bits per heavy atom. The van der Waals surface area contributed by atoms with E-state index in [1.165, 1.54) is 37.9 Å². The Bertz CT molecular complexity index is 373. The third kappa shape index (κ3) is 3.59. The summed E-state index contributed by atoms with van der Waals surface area (Å²) in [6, 6.07) is 2.20. The molecule has 1 fully saturated rings. The molecular formula is C15H26N2O. The highest BCUT2D eigenvalue weighted by molar-refractivity contribution is 5.20. The van der Waals surface area contributed by atoms with E-state index in [-0.39, 0.29) is 0 Å². The number of aryl methyl sites for hydroxylation is 1. The van der Waals surface area contributed by atoms with Crippen molar-refractivity contribution in [3.63, 3.8) is 0 Å². The highest BCUT2D eigenvalue weighted by Crippen LogP contribution is 2.20. The molecule has 1 aromatic rings. The molecule has 1 saturated heterocycles. The molecule has 1 atom stereocenters. The van der Waals surface area contributed by atoms with Crippen LogP contribution in [0.2, 0.25) is 0 Å². The summed E-state index contributed by atoms with van der Waals surface area (Å²) in [5.41, 5.74) is 1.27. The van der Waals surface area contributed by atoms with Crippen molar-refractivity contribution >= 4 is 0 Å². The van der Waals surface area contributed by atoms with Gasteiger partial charge in [-0.3, -0.25) is 4.90 Å². The fourth-order valence-corrected chi connectivity index (χ4v) is 2.71. The maximum atomic E-state index is 5.92. The van der Waals surface area contributed by atoms with Crippen molar-refractivity contribution in [2.75, 3.05) is 20.1 Å². The molecule has 0 amide bonds. The summed E-state index contributed by atoms with van der Waals surface area (Å²) in [6.45, 7) is 8.71. The van der Waals surface area contributed by atoms with E-state index < -0.39 is 0 Å². The van der Waals surface area contributed by atoms with E-state index >= 15 is 0 Å². The zero-order valence-electron chi connectivity index (χ0n) is 12.0. The Hall–Kier alpha value is -0.800. The molecule has 2 heterocycles. The van der Waals surface area contributed by atoms with Gasteiger partial charge in [0.2, 0.25) is 0 Å². The molecule has 2 rings (SSSR count). The maximum absolute atomic E-state index is 5.92. The molecule has 0 radical (unpaired) electrons. The van der Waals surface area contributed by atoms with Crippen LogP contribution >= 0.6 is 0 Å². The van der Waals surface area contributed by atoms with Gasteiger partial charge in [0, 0.05) is 0 Å². The van der Waals surface area contributed by atoms with E-state index in [9.17, 15) is 0 Å². The van der Waals surface area contributed by atoms with Gasteiger partial charge in [-0.05, 0) is 63.9 Å². The van der Waals surface area contributed by atoms with E-state index in [0.717, 1.165) is 30.5 Å². The minimum atomic E-state index is 0.822. The molecule has 18 heavy (non-hydrogen) atoms. The van der Waals surface area contributed by atoms with E-state index in [0.29, 0.717) is 0 Å². The highest BCUT2D eigenvalue weighted by Gasteiger charge is 2.16. The summed E-state index contributed by atoms with van der Waals surface area (Å²) in [5, 5.41) is 3.15. The number of furan rings is 1. The largest absolute Gasteiger partial charge is 0.463 e. The molecule has 1 aliphatic heterocycles. The quantitative estimate of drug-likeness (QED) is 0.890. The lowest BCUT2D eigenvalue weighted by Crippen LogP contribution is -2.23. The van der Waals surface area contributed by atoms with E-state index in [1.807, 2.05) is 7.05 Å². The van der Waals surface area contributed by atoms with Crippen molar-refractivity contribution in [3.8, 4) is 0 Å². The average molecular weight is 250 g/mol. The molecule has 1 aromatic heterocycles. The number of rotatable bonds is 4. The van der Waals surface area contributed by atoms with Crippen LogP contribution in [0.15, 0.2) is 10.5 Å². The van der Waals surface area contributed by atoms with Crippen LogP contribution in [-0.2, 0) is 13.1 Å². The Labute approximate surface area is 111 Å². The molecule has 0 saturated carbocycles. The monoisotopic (exact) mass is 250 g/mol. The zero-order chi connectivity index (χ0) is 13.0. The molecule has 1 unspecified atom stereocenters. The molecule has 1 aliphatic rings. The first-order chi connectivity index (χ1) is 8.69. The second kappa shape index (κ2) is 6.39. The fourth-order valence-electron chi connectivity index (χ4n) is 2.71. The Morgan fingerprint density at radius 2 is 2.22 bits per heavy atom. The van der Waals surface area contributed by atoms with Gasteiger partial charge in [-0.25, -0.2) is 0 Å². The first-order valence-corrected chi connectivity index (χ1v) is 7.14. The van der Waals surface area contributed by atoms with Gasteiger partial charge in [-0.1, -0.05) is 6.92 Å². The lowest BCUT2D eigenvalue weighted by molar-refractivity contribution is 0.247. The lowest BCUT2D eigenvalue weighted by Gasteiger charge is -2.18. The van der Waals surface area contributed by atoms with Crippen molar-refractivity contribution in [1.82, 2.24) is 10.2 Å². The molecule has 0 spiro atoms. The van der Waals surface area contributed by atoms with Gasteiger partial charge in [0.25, 0.3) is 0 Å². The number of nitrogens with zero attached hydrogens (tertiary/aromatic N) is 1. The molecule has 0 bridgehead atoms. The Morgan fingerprint density at radius 3 is 3.00 bits per heavy atom. The van der Waals surface area contributed by atoms with Crippen molar-refractivity contribution in [2.45, 2.75) is 46.2 Å². The maximum Gasteiger partial charge on any atom is 0.120 e. The predicted molar refractivity (Wildman–Crippen MR) is 74.5 cm³/mol. The molecule has 0 aliphatic carbocycles.